The molecule has 1 aliphatic heterocycles. The minimum atomic E-state index is 0.626. The Morgan fingerprint density at radius 3 is 2.75 bits per heavy atom. The van der Waals surface area contributed by atoms with Crippen LogP contribution >= 0.6 is 11.6 Å². The van der Waals surface area contributed by atoms with Crippen molar-refractivity contribution < 1.29 is 0 Å². The topological polar surface area (TPSA) is 56.9 Å². The monoisotopic (exact) mass is 393 g/mol. The molecule has 0 bridgehead atoms. The highest BCUT2D eigenvalue weighted by Crippen LogP contribution is 2.34. The van der Waals surface area contributed by atoms with Crippen LogP contribution in [0.25, 0.3) is 22.2 Å². The Hall–Kier alpha value is -2.39. The summed E-state index contributed by atoms with van der Waals surface area (Å²) in [6.07, 6.45) is 6.12. The number of fused-ring (bicyclic) bond motifs is 1. The molecule has 0 spiro atoms. The molecular formula is C22H24ClN5. The predicted molar refractivity (Wildman–Crippen MR) is 113 cm³/mol. The molecule has 28 heavy (non-hydrogen) atoms. The summed E-state index contributed by atoms with van der Waals surface area (Å²) >= 11 is 6.18. The Morgan fingerprint density at radius 2 is 2.04 bits per heavy atom. The molecule has 1 aromatic carbocycles. The molecule has 1 fully saturated rings. The summed E-state index contributed by atoms with van der Waals surface area (Å²) in [5.41, 5.74) is 4.66. The largest absolute Gasteiger partial charge is 0.342 e. The summed E-state index contributed by atoms with van der Waals surface area (Å²) in [5.74, 6) is 0. The number of likely N-dealkylation sites (tertiary alicyclic amines) is 1. The zero-order chi connectivity index (χ0) is 19.7. The van der Waals surface area contributed by atoms with Gasteiger partial charge in [-0.05, 0) is 62.8 Å². The number of halogens is 1. The number of nitriles is 1. The Balaban J connectivity index is 1.67. The zero-order valence-corrected chi connectivity index (χ0v) is 17.0. The van der Waals surface area contributed by atoms with E-state index in [0.29, 0.717) is 16.6 Å². The summed E-state index contributed by atoms with van der Waals surface area (Å²) in [6, 6.07) is 10.8. The molecule has 0 radical (unpaired) electrons. The highest BCUT2D eigenvalue weighted by molar-refractivity contribution is 6.31. The fourth-order valence-electron chi connectivity index (χ4n) is 4.20. The zero-order valence-electron chi connectivity index (χ0n) is 16.2. The Kier molecular flexibility index (Phi) is 5.36. The molecule has 1 N–H and O–H groups in total. The van der Waals surface area contributed by atoms with Crippen molar-refractivity contribution >= 4 is 22.5 Å². The third-order valence-corrected chi connectivity index (χ3v) is 5.98. The fourth-order valence-corrected chi connectivity index (χ4v) is 4.37. The maximum Gasteiger partial charge on any atom is 0.102 e. The maximum absolute atomic E-state index is 9.81. The number of hydrogen-bond acceptors (Lipinski definition) is 4. The van der Waals surface area contributed by atoms with Crippen LogP contribution in [-0.2, 0) is 13.6 Å². The average Bonchev–Trinajstić information content (AvgIpc) is 3.00. The van der Waals surface area contributed by atoms with Crippen molar-refractivity contribution in [3.05, 3.63) is 52.8 Å². The molecule has 1 aliphatic rings. The molecule has 0 unspecified atom stereocenters. The minimum absolute atomic E-state index is 0.626. The van der Waals surface area contributed by atoms with Crippen LogP contribution in [0.3, 0.4) is 0 Å². The molecule has 0 atom stereocenters. The Labute approximate surface area is 170 Å². The van der Waals surface area contributed by atoms with Gasteiger partial charge in [-0.3, -0.25) is 9.88 Å². The van der Waals surface area contributed by atoms with Crippen molar-refractivity contribution in [1.82, 2.24) is 19.8 Å². The van der Waals surface area contributed by atoms with Crippen LogP contribution in [0.2, 0.25) is 5.02 Å². The molecular weight excluding hydrogens is 370 g/mol. The number of aromatic nitrogens is 2. The van der Waals surface area contributed by atoms with E-state index < -0.39 is 0 Å². The SMILES string of the molecule is CNC1CCN(Cc2cncc(-c3c(C#N)c4ccc(Cl)cc4n3C)c2)CC1. The number of benzene rings is 1. The van der Waals surface area contributed by atoms with Gasteiger partial charge >= 0.3 is 0 Å². The van der Waals surface area contributed by atoms with Crippen molar-refractivity contribution in [1.29, 1.82) is 5.26 Å². The Bertz CT molecular complexity index is 1040. The van der Waals surface area contributed by atoms with Crippen LogP contribution < -0.4 is 5.32 Å². The highest BCUT2D eigenvalue weighted by Gasteiger charge is 2.20. The lowest BCUT2D eigenvalue weighted by atomic mass is 10.0. The van der Waals surface area contributed by atoms with Gasteiger partial charge in [-0.1, -0.05) is 11.6 Å². The second kappa shape index (κ2) is 7.92. The summed E-state index contributed by atoms with van der Waals surface area (Å²) in [7, 11) is 4.02. The average molecular weight is 394 g/mol. The smallest absolute Gasteiger partial charge is 0.102 e. The van der Waals surface area contributed by atoms with E-state index >= 15 is 0 Å². The lowest BCUT2D eigenvalue weighted by Gasteiger charge is -2.31. The Morgan fingerprint density at radius 1 is 1.25 bits per heavy atom. The maximum atomic E-state index is 9.81. The lowest BCUT2D eigenvalue weighted by Crippen LogP contribution is -2.40. The van der Waals surface area contributed by atoms with Gasteiger partial charge in [-0.15, -0.1) is 0 Å². The van der Waals surface area contributed by atoms with E-state index in [1.165, 1.54) is 18.4 Å². The van der Waals surface area contributed by atoms with Gasteiger partial charge < -0.3 is 9.88 Å². The van der Waals surface area contributed by atoms with Gasteiger partial charge in [0.25, 0.3) is 0 Å². The molecule has 6 heteroatoms. The number of pyridine rings is 1. The first kappa shape index (κ1) is 18.9. The molecule has 1 saturated heterocycles. The van der Waals surface area contributed by atoms with E-state index in [-0.39, 0.29) is 0 Å². The van der Waals surface area contributed by atoms with Crippen LogP contribution in [0, 0.1) is 11.3 Å². The predicted octanol–water partition coefficient (Wildman–Crippen LogP) is 3.95. The first-order valence-corrected chi connectivity index (χ1v) is 10.0. The third-order valence-electron chi connectivity index (χ3n) is 5.74. The van der Waals surface area contributed by atoms with E-state index in [0.717, 1.165) is 41.8 Å². The molecule has 5 nitrogen and oxygen atoms in total. The van der Waals surface area contributed by atoms with Crippen molar-refractivity contribution in [3.8, 4) is 17.3 Å². The van der Waals surface area contributed by atoms with E-state index in [1.807, 2.05) is 49.3 Å². The highest BCUT2D eigenvalue weighted by atomic mass is 35.5. The molecule has 0 aliphatic carbocycles. The van der Waals surface area contributed by atoms with Crippen molar-refractivity contribution in [2.24, 2.45) is 7.05 Å². The molecule has 0 saturated carbocycles. The van der Waals surface area contributed by atoms with Crippen molar-refractivity contribution in [3.63, 3.8) is 0 Å². The fraction of sp³-hybridized carbons (Fsp3) is 0.364. The second-order valence-electron chi connectivity index (χ2n) is 7.48. The lowest BCUT2D eigenvalue weighted by molar-refractivity contribution is 0.194. The number of hydrogen-bond donors (Lipinski definition) is 1. The molecule has 3 heterocycles. The van der Waals surface area contributed by atoms with Gasteiger partial charge in [0, 0.05) is 48.0 Å². The summed E-state index contributed by atoms with van der Waals surface area (Å²) in [6.45, 7) is 3.06. The van der Waals surface area contributed by atoms with Gasteiger partial charge in [0.05, 0.1) is 16.8 Å². The normalized spacial score (nSPS) is 15.8. The molecule has 3 aromatic rings. The first-order chi connectivity index (χ1) is 13.6. The second-order valence-corrected chi connectivity index (χ2v) is 7.91. The molecule has 0 amide bonds. The summed E-state index contributed by atoms with van der Waals surface area (Å²) in [4.78, 5) is 6.95. The number of rotatable bonds is 4. The van der Waals surface area contributed by atoms with Crippen LogP contribution in [0.4, 0.5) is 0 Å². The van der Waals surface area contributed by atoms with Crippen LogP contribution in [0.5, 0.6) is 0 Å². The van der Waals surface area contributed by atoms with Crippen molar-refractivity contribution in [2.75, 3.05) is 20.1 Å². The number of piperidine rings is 1. The molecule has 144 valence electrons. The van der Waals surface area contributed by atoms with Crippen molar-refractivity contribution in [2.45, 2.75) is 25.4 Å². The van der Waals surface area contributed by atoms with Gasteiger partial charge in [-0.25, -0.2) is 0 Å². The summed E-state index contributed by atoms with van der Waals surface area (Å²) in [5, 5.41) is 14.8. The van der Waals surface area contributed by atoms with Crippen LogP contribution in [0.15, 0.2) is 36.7 Å². The summed E-state index contributed by atoms with van der Waals surface area (Å²) < 4.78 is 2.04. The van der Waals surface area contributed by atoms with Gasteiger partial charge in [0.2, 0.25) is 0 Å². The number of aryl methyl sites for hydroxylation is 1. The van der Waals surface area contributed by atoms with E-state index in [9.17, 15) is 5.26 Å². The number of nitrogens with zero attached hydrogens (tertiary/aromatic N) is 4. The van der Waals surface area contributed by atoms with Gasteiger partial charge in [-0.2, -0.15) is 5.26 Å². The van der Waals surface area contributed by atoms with Crippen LogP contribution in [-0.4, -0.2) is 40.6 Å². The molecule has 2 aromatic heterocycles. The van der Waals surface area contributed by atoms with E-state index in [2.05, 4.69) is 27.3 Å². The van der Waals surface area contributed by atoms with Gasteiger partial charge in [0.15, 0.2) is 0 Å². The van der Waals surface area contributed by atoms with E-state index in [1.54, 1.807) is 0 Å². The first-order valence-electron chi connectivity index (χ1n) is 9.62. The van der Waals surface area contributed by atoms with Gasteiger partial charge in [0.1, 0.15) is 6.07 Å². The third kappa shape index (κ3) is 3.51. The number of nitrogens with one attached hydrogen (secondary N) is 1. The minimum Gasteiger partial charge on any atom is -0.342 e. The standard InChI is InChI=1S/C22H24ClN5/c1-25-18-5-7-28(8-6-18)14-15-9-16(13-26-12-15)22-20(11-24)19-4-3-17(23)10-21(19)27(22)2/h3-4,9-10,12-13,18,25H,5-8,14H2,1-2H3. The van der Waals surface area contributed by atoms with E-state index in [4.69, 9.17) is 11.6 Å². The quantitative estimate of drug-likeness (QED) is 0.729. The van der Waals surface area contributed by atoms with Crippen LogP contribution in [0.1, 0.15) is 24.0 Å². The molecule has 4 rings (SSSR count).